The first kappa shape index (κ1) is 16.0. The van der Waals surface area contributed by atoms with Crippen molar-refractivity contribution in [2.75, 3.05) is 19.0 Å². The summed E-state index contributed by atoms with van der Waals surface area (Å²) in [6.07, 6.45) is 3.31. The van der Waals surface area contributed by atoms with E-state index in [-0.39, 0.29) is 17.5 Å². The number of esters is 1. The van der Waals surface area contributed by atoms with Gasteiger partial charge >= 0.3 is 5.97 Å². The molecule has 6 heteroatoms. The number of amides is 1. The molecule has 0 aliphatic heterocycles. The molecular formula is C15H21NO4S. The third-order valence-electron chi connectivity index (χ3n) is 3.82. The second kappa shape index (κ2) is 6.58. The van der Waals surface area contributed by atoms with Crippen molar-refractivity contribution in [3.8, 4) is 0 Å². The number of carbonyl (C=O) groups excluding carboxylic acids is 2. The first-order valence-electron chi connectivity index (χ1n) is 7.12. The van der Waals surface area contributed by atoms with E-state index in [9.17, 15) is 9.59 Å². The lowest BCUT2D eigenvalue weighted by molar-refractivity contribution is -0.129. The number of methoxy groups -OCH3 is 1. The molecule has 1 fully saturated rings. The Balaban J connectivity index is 1.98. The Bertz CT molecular complexity index is 528. The highest BCUT2D eigenvalue weighted by atomic mass is 32.1. The van der Waals surface area contributed by atoms with Crippen LogP contribution in [0.1, 0.15) is 47.8 Å². The van der Waals surface area contributed by atoms with Crippen LogP contribution in [0.25, 0.3) is 0 Å². The highest BCUT2D eigenvalue weighted by molar-refractivity contribution is 7.18. The van der Waals surface area contributed by atoms with E-state index in [4.69, 9.17) is 9.47 Å². The van der Waals surface area contributed by atoms with E-state index in [1.54, 1.807) is 20.1 Å². The van der Waals surface area contributed by atoms with Gasteiger partial charge < -0.3 is 14.8 Å². The second-order valence-corrected chi connectivity index (χ2v) is 6.36. The van der Waals surface area contributed by atoms with Crippen LogP contribution in [-0.2, 0) is 14.3 Å². The van der Waals surface area contributed by atoms with Crippen molar-refractivity contribution >= 4 is 28.2 Å². The van der Waals surface area contributed by atoms with Gasteiger partial charge in [0.2, 0.25) is 5.91 Å². The summed E-state index contributed by atoms with van der Waals surface area (Å²) in [5, 5.41) is 3.52. The van der Waals surface area contributed by atoms with Gasteiger partial charge in [-0.1, -0.05) is 0 Å². The van der Waals surface area contributed by atoms with Crippen molar-refractivity contribution in [3.63, 3.8) is 0 Å². The van der Waals surface area contributed by atoms with Crippen molar-refractivity contribution in [2.45, 2.75) is 45.1 Å². The van der Waals surface area contributed by atoms with Crippen LogP contribution in [0.3, 0.4) is 0 Å². The van der Waals surface area contributed by atoms with E-state index < -0.39 is 0 Å². The van der Waals surface area contributed by atoms with Gasteiger partial charge in [-0.05, 0) is 44.7 Å². The van der Waals surface area contributed by atoms with Crippen LogP contribution in [0, 0.1) is 6.92 Å². The number of rotatable bonds is 6. The molecule has 0 unspecified atom stereocenters. The number of aryl methyl sites for hydroxylation is 1. The molecule has 0 atom stereocenters. The summed E-state index contributed by atoms with van der Waals surface area (Å²) in [6.45, 7) is 3.95. The normalized spacial score (nSPS) is 16.1. The molecule has 116 valence electrons. The Morgan fingerprint density at radius 3 is 2.67 bits per heavy atom. The largest absolute Gasteiger partial charge is 0.462 e. The van der Waals surface area contributed by atoms with E-state index in [1.165, 1.54) is 11.3 Å². The fourth-order valence-electron chi connectivity index (χ4n) is 2.44. The highest BCUT2D eigenvalue weighted by Gasteiger charge is 2.39. The Hall–Kier alpha value is -1.40. The van der Waals surface area contributed by atoms with E-state index in [1.807, 2.05) is 6.92 Å². The molecule has 0 aromatic carbocycles. The minimum atomic E-state index is -0.340. The summed E-state index contributed by atoms with van der Waals surface area (Å²) < 4.78 is 10.4. The first-order valence-corrected chi connectivity index (χ1v) is 7.94. The van der Waals surface area contributed by atoms with Crippen molar-refractivity contribution in [1.82, 2.24) is 0 Å². The minimum Gasteiger partial charge on any atom is -0.462 e. The summed E-state index contributed by atoms with van der Waals surface area (Å²) in [7, 11) is 1.65. The zero-order valence-corrected chi connectivity index (χ0v) is 13.5. The van der Waals surface area contributed by atoms with E-state index in [0.717, 1.165) is 24.8 Å². The molecule has 1 aliphatic rings. The van der Waals surface area contributed by atoms with Gasteiger partial charge in [-0.15, -0.1) is 11.3 Å². The Kier molecular flexibility index (Phi) is 5.00. The number of hydrogen-bond acceptors (Lipinski definition) is 5. The molecule has 21 heavy (non-hydrogen) atoms. The van der Waals surface area contributed by atoms with Gasteiger partial charge in [0.15, 0.2) is 0 Å². The monoisotopic (exact) mass is 311 g/mol. The molecule has 0 saturated heterocycles. The van der Waals surface area contributed by atoms with E-state index >= 15 is 0 Å². The predicted octanol–water partition coefficient (Wildman–Crippen LogP) is 3.13. The van der Waals surface area contributed by atoms with Crippen LogP contribution in [0.4, 0.5) is 5.00 Å². The smallest absolute Gasteiger partial charge is 0.348 e. The second-order valence-electron chi connectivity index (χ2n) is 5.31. The number of carbonyl (C=O) groups is 2. The summed E-state index contributed by atoms with van der Waals surface area (Å²) in [5.74, 6) is -0.416. The SMILES string of the molecule is CCOC(=O)c1sc(NC(=O)CC2(OC)CCC2)cc1C. The minimum absolute atomic E-state index is 0.0757. The summed E-state index contributed by atoms with van der Waals surface area (Å²) in [6, 6.07) is 1.80. The predicted molar refractivity (Wildman–Crippen MR) is 81.9 cm³/mol. The van der Waals surface area contributed by atoms with Crippen molar-refractivity contribution in [3.05, 3.63) is 16.5 Å². The highest BCUT2D eigenvalue weighted by Crippen LogP contribution is 2.38. The number of anilines is 1. The molecule has 1 N–H and O–H groups in total. The van der Waals surface area contributed by atoms with Gasteiger partial charge in [-0.2, -0.15) is 0 Å². The maximum Gasteiger partial charge on any atom is 0.348 e. The topological polar surface area (TPSA) is 64.6 Å². The van der Waals surface area contributed by atoms with Gasteiger partial charge in [0.1, 0.15) is 4.88 Å². The fraction of sp³-hybridized carbons (Fsp3) is 0.600. The van der Waals surface area contributed by atoms with Crippen LogP contribution in [0.5, 0.6) is 0 Å². The lowest BCUT2D eigenvalue weighted by Gasteiger charge is -2.39. The molecule has 1 saturated carbocycles. The van der Waals surface area contributed by atoms with Crippen LogP contribution >= 0.6 is 11.3 Å². The van der Waals surface area contributed by atoms with Crippen molar-refractivity contribution in [1.29, 1.82) is 0 Å². The zero-order valence-electron chi connectivity index (χ0n) is 12.7. The van der Waals surface area contributed by atoms with Gasteiger partial charge in [0.25, 0.3) is 0 Å². The van der Waals surface area contributed by atoms with Crippen molar-refractivity contribution in [2.24, 2.45) is 0 Å². The zero-order chi connectivity index (χ0) is 15.5. The fourth-order valence-corrected chi connectivity index (χ4v) is 3.42. The van der Waals surface area contributed by atoms with Crippen LogP contribution < -0.4 is 5.32 Å². The van der Waals surface area contributed by atoms with E-state index in [0.29, 0.717) is 22.9 Å². The van der Waals surface area contributed by atoms with Gasteiger partial charge in [0, 0.05) is 7.11 Å². The molecule has 0 spiro atoms. The molecule has 1 aromatic rings. The summed E-state index contributed by atoms with van der Waals surface area (Å²) in [5.41, 5.74) is 0.527. The maximum absolute atomic E-state index is 12.1. The molecule has 0 radical (unpaired) electrons. The van der Waals surface area contributed by atoms with Crippen LogP contribution in [0.2, 0.25) is 0 Å². The van der Waals surface area contributed by atoms with Crippen LogP contribution in [0.15, 0.2) is 6.07 Å². The van der Waals surface area contributed by atoms with Crippen LogP contribution in [-0.4, -0.2) is 31.2 Å². The standard InChI is InChI=1S/C15H21NO4S/c1-4-20-14(18)13-10(2)8-12(21-13)16-11(17)9-15(19-3)6-5-7-15/h8H,4-7,9H2,1-3H3,(H,16,17). The van der Waals surface area contributed by atoms with Gasteiger partial charge in [0.05, 0.1) is 23.6 Å². The molecule has 1 amide bonds. The van der Waals surface area contributed by atoms with Crippen molar-refractivity contribution < 1.29 is 19.1 Å². The molecule has 1 heterocycles. The molecule has 1 aliphatic carbocycles. The number of nitrogens with one attached hydrogen (secondary N) is 1. The number of hydrogen-bond donors (Lipinski definition) is 1. The van der Waals surface area contributed by atoms with Gasteiger partial charge in [-0.25, -0.2) is 4.79 Å². The summed E-state index contributed by atoms with van der Waals surface area (Å²) in [4.78, 5) is 24.4. The number of thiophene rings is 1. The van der Waals surface area contributed by atoms with Gasteiger partial charge in [-0.3, -0.25) is 4.79 Å². The molecule has 5 nitrogen and oxygen atoms in total. The third kappa shape index (κ3) is 3.63. The average Bonchev–Trinajstić information content (AvgIpc) is 2.75. The summed E-state index contributed by atoms with van der Waals surface area (Å²) >= 11 is 1.25. The van der Waals surface area contributed by atoms with E-state index in [2.05, 4.69) is 5.32 Å². The number of ether oxygens (including phenoxy) is 2. The lowest BCUT2D eigenvalue weighted by Crippen LogP contribution is -2.42. The lowest BCUT2D eigenvalue weighted by atomic mass is 9.77. The Labute approximate surface area is 128 Å². The third-order valence-corrected chi connectivity index (χ3v) is 4.95. The molecule has 1 aromatic heterocycles. The quantitative estimate of drug-likeness (QED) is 0.820. The molecular weight excluding hydrogens is 290 g/mol. The first-order chi connectivity index (χ1) is 9.99. The maximum atomic E-state index is 12.1. The Morgan fingerprint density at radius 1 is 1.43 bits per heavy atom. The Morgan fingerprint density at radius 2 is 2.14 bits per heavy atom. The molecule has 2 rings (SSSR count). The molecule has 0 bridgehead atoms. The average molecular weight is 311 g/mol.